The second kappa shape index (κ2) is 5.54. The van der Waals surface area contributed by atoms with Gasteiger partial charge in [-0.25, -0.2) is 0 Å². The highest BCUT2D eigenvalue weighted by Crippen LogP contribution is 2.20. The summed E-state index contributed by atoms with van der Waals surface area (Å²) in [6.07, 6.45) is -0.284. The molecule has 0 aliphatic carbocycles. The van der Waals surface area contributed by atoms with Gasteiger partial charge in [-0.05, 0) is 29.3 Å². The summed E-state index contributed by atoms with van der Waals surface area (Å²) in [6, 6.07) is 7.25. The summed E-state index contributed by atoms with van der Waals surface area (Å²) in [5.74, 6) is 3.33. The lowest BCUT2D eigenvalue weighted by molar-refractivity contribution is 0.183. The fourth-order valence-electron chi connectivity index (χ4n) is 1.10. The van der Waals surface area contributed by atoms with Gasteiger partial charge in [-0.1, -0.05) is 18.1 Å². The summed E-state index contributed by atoms with van der Waals surface area (Å²) >= 11 is 5.19. The molecule has 2 nitrogen and oxygen atoms in total. The van der Waals surface area contributed by atoms with Crippen molar-refractivity contribution in [3.05, 3.63) is 29.8 Å². The van der Waals surface area contributed by atoms with Crippen molar-refractivity contribution in [2.24, 2.45) is 0 Å². The Morgan fingerprint density at radius 1 is 1.57 bits per heavy atom. The second-order valence-corrected chi connectivity index (χ2v) is 2.96. The third-order valence-electron chi connectivity index (χ3n) is 1.84. The van der Waals surface area contributed by atoms with Crippen LogP contribution in [0.15, 0.2) is 24.3 Å². The molecule has 0 spiro atoms. The molecule has 14 heavy (non-hydrogen) atoms. The van der Waals surface area contributed by atoms with Crippen molar-refractivity contribution < 1.29 is 9.84 Å². The van der Waals surface area contributed by atoms with Gasteiger partial charge in [0, 0.05) is 11.8 Å². The van der Waals surface area contributed by atoms with Crippen LogP contribution in [0.25, 0.3) is 0 Å². The van der Waals surface area contributed by atoms with E-state index in [0.29, 0.717) is 6.42 Å². The molecule has 1 rings (SSSR count). The maximum absolute atomic E-state index is 9.65. The zero-order valence-corrected chi connectivity index (χ0v) is 8.58. The zero-order valence-electron chi connectivity index (χ0n) is 7.83. The molecule has 1 aromatic rings. The first-order valence-electron chi connectivity index (χ1n) is 4.18. The fraction of sp³-hybridized carbons (Fsp3) is 0.273. The third-order valence-corrected chi connectivity index (χ3v) is 1.97. The largest absolute Gasteiger partial charge is 0.497 e. The molecule has 1 atom stereocenters. The summed E-state index contributed by atoms with van der Waals surface area (Å²) in [5, 5.41) is 11.9. The van der Waals surface area contributed by atoms with E-state index in [1.165, 1.54) is 0 Å². The first kappa shape index (κ1) is 10.9. The molecule has 0 saturated carbocycles. The zero-order chi connectivity index (χ0) is 10.4. The van der Waals surface area contributed by atoms with Crippen LogP contribution in [0.1, 0.15) is 18.1 Å². The Morgan fingerprint density at radius 2 is 2.36 bits per heavy atom. The highest BCUT2D eigenvalue weighted by Gasteiger charge is 2.06. The molecule has 0 aliphatic heterocycles. The van der Waals surface area contributed by atoms with Crippen LogP contribution < -0.4 is 4.74 Å². The van der Waals surface area contributed by atoms with Crippen molar-refractivity contribution >= 4 is 11.6 Å². The molecule has 0 fully saturated rings. The number of rotatable bonds is 3. The number of hydrogen-bond acceptors (Lipinski definition) is 2. The van der Waals surface area contributed by atoms with Crippen LogP contribution in [-0.2, 0) is 0 Å². The van der Waals surface area contributed by atoms with E-state index in [1.54, 1.807) is 13.2 Å². The SMILES string of the molecule is COc1cccc(C(O)CC#CCl)c1. The van der Waals surface area contributed by atoms with Crippen molar-refractivity contribution in [2.75, 3.05) is 7.11 Å². The Labute approximate surface area is 88.5 Å². The average molecular weight is 211 g/mol. The normalized spacial score (nSPS) is 11.4. The summed E-state index contributed by atoms with van der Waals surface area (Å²) in [4.78, 5) is 0. The topological polar surface area (TPSA) is 29.5 Å². The highest BCUT2D eigenvalue weighted by molar-refractivity contribution is 6.30. The Bertz CT molecular complexity index is 352. The van der Waals surface area contributed by atoms with Gasteiger partial charge in [-0.3, -0.25) is 0 Å². The summed E-state index contributed by atoms with van der Waals surface area (Å²) in [5.41, 5.74) is 0.781. The average Bonchev–Trinajstić information content (AvgIpc) is 2.26. The number of hydrogen-bond donors (Lipinski definition) is 1. The predicted molar refractivity (Wildman–Crippen MR) is 56.2 cm³/mol. The summed E-state index contributed by atoms with van der Waals surface area (Å²) < 4.78 is 5.04. The number of methoxy groups -OCH3 is 1. The molecule has 0 bridgehead atoms. The predicted octanol–water partition coefficient (Wildman–Crippen LogP) is 2.32. The van der Waals surface area contributed by atoms with Gasteiger partial charge in [0.15, 0.2) is 0 Å². The van der Waals surface area contributed by atoms with Crippen molar-refractivity contribution in [3.8, 4) is 17.0 Å². The van der Waals surface area contributed by atoms with E-state index in [0.717, 1.165) is 11.3 Å². The summed E-state index contributed by atoms with van der Waals surface area (Å²) in [7, 11) is 1.59. The molecule has 0 aliphatic rings. The standard InChI is InChI=1S/C11H11ClO2/c1-14-10-5-2-4-9(8-10)11(13)6-3-7-12/h2,4-5,8,11,13H,6H2,1H3. The first-order valence-corrected chi connectivity index (χ1v) is 4.56. The third kappa shape index (κ3) is 2.95. The van der Waals surface area contributed by atoms with Gasteiger partial charge in [-0.2, -0.15) is 0 Å². The molecule has 0 heterocycles. The molecule has 1 unspecified atom stereocenters. The van der Waals surface area contributed by atoms with Crippen molar-refractivity contribution in [1.82, 2.24) is 0 Å². The molecular weight excluding hydrogens is 200 g/mol. The van der Waals surface area contributed by atoms with Crippen molar-refractivity contribution in [2.45, 2.75) is 12.5 Å². The maximum Gasteiger partial charge on any atom is 0.119 e. The lowest BCUT2D eigenvalue weighted by Gasteiger charge is -2.08. The molecule has 74 valence electrons. The minimum atomic E-state index is -0.614. The van der Waals surface area contributed by atoms with Crippen LogP contribution in [0.3, 0.4) is 0 Å². The minimum absolute atomic E-state index is 0.330. The van der Waals surface area contributed by atoms with Crippen molar-refractivity contribution in [3.63, 3.8) is 0 Å². The molecule has 0 aromatic heterocycles. The number of aliphatic hydroxyl groups excluding tert-OH is 1. The Morgan fingerprint density at radius 3 is 3.00 bits per heavy atom. The van der Waals surface area contributed by atoms with E-state index in [9.17, 15) is 5.11 Å². The Balaban J connectivity index is 2.76. The quantitative estimate of drug-likeness (QED) is 0.776. The first-order chi connectivity index (χ1) is 6.77. The Kier molecular flexibility index (Phi) is 4.31. The van der Waals surface area contributed by atoms with Crippen molar-refractivity contribution in [1.29, 1.82) is 0 Å². The molecule has 1 aromatic carbocycles. The van der Waals surface area contributed by atoms with E-state index < -0.39 is 6.10 Å². The van der Waals surface area contributed by atoms with Crippen LogP contribution in [0, 0.1) is 11.3 Å². The summed E-state index contributed by atoms with van der Waals surface area (Å²) in [6.45, 7) is 0. The molecule has 0 radical (unpaired) electrons. The molecule has 1 N–H and O–H groups in total. The molecule has 0 saturated heterocycles. The van der Waals surface area contributed by atoms with E-state index in [-0.39, 0.29) is 0 Å². The lowest BCUT2D eigenvalue weighted by Crippen LogP contribution is -1.96. The number of ether oxygens (including phenoxy) is 1. The number of benzene rings is 1. The van der Waals surface area contributed by atoms with Gasteiger partial charge in [0.05, 0.1) is 13.2 Å². The Hall–Kier alpha value is -1.17. The van der Waals surface area contributed by atoms with Crippen LogP contribution in [-0.4, -0.2) is 12.2 Å². The second-order valence-electron chi connectivity index (χ2n) is 2.77. The monoisotopic (exact) mass is 210 g/mol. The highest BCUT2D eigenvalue weighted by atomic mass is 35.5. The molecule has 3 heteroatoms. The fourth-order valence-corrected chi connectivity index (χ4v) is 1.18. The minimum Gasteiger partial charge on any atom is -0.497 e. The van der Waals surface area contributed by atoms with E-state index in [2.05, 4.69) is 11.3 Å². The van der Waals surface area contributed by atoms with Crippen LogP contribution in [0.4, 0.5) is 0 Å². The smallest absolute Gasteiger partial charge is 0.119 e. The molecule has 0 amide bonds. The van der Waals surface area contributed by atoms with Gasteiger partial charge in [-0.15, -0.1) is 0 Å². The van der Waals surface area contributed by atoms with E-state index >= 15 is 0 Å². The lowest BCUT2D eigenvalue weighted by atomic mass is 10.1. The van der Waals surface area contributed by atoms with E-state index in [4.69, 9.17) is 16.3 Å². The van der Waals surface area contributed by atoms with Crippen LogP contribution >= 0.6 is 11.6 Å². The molecular formula is C11H11ClO2. The van der Waals surface area contributed by atoms with Crippen LogP contribution in [0.5, 0.6) is 5.75 Å². The van der Waals surface area contributed by atoms with Gasteiger partial charge in [0.25, 0.3) is 0 Å². The van der Waals surface area contributed by atoms with Gasteiger partial charge < -0.3 is 9.84 Å². The van der Waals surface area contributed by atoms with E-state index in [1.807, 2.05) is 18.2 Å². The van der Waals surface area contributed by atoms with Crippen LogP contribution in [0.2, 0.25) is 0 Å². The maximum atomic E-state index is 9.65. The number of halogens is 1. The van der Waals surface area contributed by atoms with Gasteiger partial charge >= 0.3 is 0 Å². The number of aliphatic hydroxyl groups is 1. The van der Waals surface area contributed by atoms with Gasteiger partial charge in [0.1, 0.15) is 5.75 Å². The van der Waals surface area contributed by atoms with Gasteiger partial charge in [0.2, 0.25) is 0 Å².